The second-order valence-corrected chi connectivity index (χ2v) is 8.21. The average Bonchev–Trinajstić information content (AvgIpc) is 3.12. The number of nitrogens with zero attached hydrogens (tertiary/aromatic N) is 3. The summed E-state index contributed by atoms with van der Waals surface area (Å²) in [4.78, 5) is 35.6. The predicted molar refractivity (Wildman–Crippen MR) is 124 cm³/mol. The number of carbonyl (C=O) groups is 1. The number of esters is 1. The summed E-state index contributed by atoms with van der Waals surface area (Å²) in [6, 6.07) is 8.24. The Kier molecular flexibility index (Phi) is 6.41. The van der Waals surface area contributed by atoms with Gasteiger partial charge in [0.2, 0.25) is 0 Å². The molecule has 0 N–H and O–H groups in total. The fraction of sp³-hybridized carbons (Fsp3) is 0.250. The van der Waals surface area contributed by atoms with Crippen LogP contribution in [0.15, 0.2) is 63.8 Å². The highest BCUT2D eigenvalue weighted by Crippen LogP contribution is 2.36. The van der Waals surface area contributed by atoms with Gasteiger partial charge in [0.25, 0.3) is 5.56 Å². The van der Waals surface area contributed by atoms with E-state index in [0.717, 1.165) is 5.56 Å². The molecule has 1 atom stereocenters. The third-order valence-corrected chi connectivity index (χ3v) is 6.23. The molecule has 0 saturated heterocycles. The molecule has 2 aromatic heterocycles. The number of carbonyl (C=O) groups excluding carboxylic acids is 1. The molecular formula is C24H23N3O5S. The van der Waals surface area contributed by atoms with Crippen molar-refractivity contribution in [2.45, 2.75) is 19.9 Å². The van der Waals surface area contributed by atoms with Gasteiger partial charge in [-0.2, -0.15) is 0 Å². The molecule has 170 valence electrons. The van der Waals surface area contributed by atoms with Crippen LogP contribution in [0.4, 0.5) is 0 Å². The van der Waals surface area contributed by atoms with Gasteiger partial charge >= 0.3 is 5.97 Å². The van der Waals surface area contributed by atoms with Crippen LogP contribution in [-0.4, -0.2) is 36.3 Å². The smallest absolute Gasteiger partial charge is 0.338 e. The standard InChI is InChI=1S/C24H23N3O5S/c1-5-32-23(29)20-14(2)26-24-27(21(20)16-6-7-17(30-3)18(13-16)31-4)22(28)19(33-24)12-15-8-10-25-11-9-15/h6-13,21H,5H2,1-4H3/b19-12-/t21-/m0/s1. The van der Waals surface area contributed by atoms with Gasteiger partial charge in [0.15, 0.2) is 16.3 Å². The summed E-state index contributed by atoms with van der Waals surface area (Å²) >= 11 is 1.27. The second-order valence-electron chi connectivity index (χ2n) is 7.20. The van der Waals surface area contributed by atoms with Crippen LogP contribution in [0.2, 0.25) is 0 Å². The number of rotatable bonds is 6. The summed E-state index contributed by atoms with van der Waals surface area (Å²) < 4.78 is 18.2. The molecule has 0 fully saturated rings. The first-order valence-corrected chi connectivity index (χ1v) is 11.1. The maximum absolute atomic E-state index is 13.5. The highest BCUT2D eigenvalue weighted by molar-refractivity contribution is 7.07. The topological polar surface area (TPSA) is 92.0 Å². The van der Waals surface area contributed by atoms with E-state index in [9.17, 15) is 9.59 Å². The first-order valence-electron chi connectivity index (χ1n) is 10.3. The monoisotopic (exact) mass is 465 g/mol. The van der Waals surface area contributed by atoms with Gasteiger partial charge in [-0.15, -0.1) is 0 Å². The van der Waals surface area contributed by atoms with Crippen molar-refractivity contribution in [3.8, 4) is 11.5 Å². The maximum Gasteiger partial charge on any atom is 0.338 e. The lowest BCUT2D eigenvalue weighted by Crippen LogP contribution is -2.39. The van der Waals surface area contributed by atoms with Crippen molar-refractivity contribution in [1.29, 1.82) is 0 Å². The van der Waals surface area contributed by atoms with Gasteiger partial charge in [-0.25, -0.2) is 9.79 Å². The molecule has 0 bridgehead atoms. The van der Waals surface area contributed by atoms with Crippen molar-refractivity contribution >= 4 is 23.4 Å². The van der Waals surface area contributed by atoms with Gasteiger partial charge in [-0.3, -0.25) is 14.3 Å². The number of methoxy groups -OCH3 is 2. The summed E-state index contributed by atoms with van der Waals surface area (Å²) in [5.41, 5.74) is 2.10. The molecule has 4 rings (SSSR count). The molecule has 1 aliphatic heterocycles. The molecule has 1 aromatic carbocycles. The Bertz CT molecular complexity index is 1410. The van der Waals surface area contributed by atoms with Crippen molar-refractivity contribution in [1.82, 2.24) is 9.55 Å². The van der Waals surface area contributed by atoms with Crippen LogP contribution in [0.3, 0.4) is 0 Å². The molecule has 0 amide bonds. The van der Waals surface area contributed by atoms with Crippen LogP contribution in [0.5, 0.6) is 11.5 Å². The van der Waals surface area contributed by atoms with E-state index in [1.807, 2.05) is 18.2 Å². The maximum atomic E-state index is 13.5. The Morgan fingerprint density at radius 1 is 1.15 bits per heavy atom. The van der Waals surface area contributed by atoms with E-state index in [-0.39, 0.29) is 12.2 Å². The summed E-state index contributed by atoms with van der Waals surface area (Å²) in [5, 5.41) is 0. The first-order chi connectivity index (χ1) is 16.0. The number of thiazole rings is 1. The highest BCUT2D eigenvalue weighted by atomic mass is 32.1. The summed E-state index contributed by atoms with van der Waals surface area (Å²) in [6.07, 6.45) is 5.12. The normalized spacial score (nSPS) is 15.6. The molecule has 8 nitrogen and oxygen atoms in total. The minimum absolute atomic E-state index is 0.209. The van der Waals surface area contributed by atoms with E-state index in [4.69, 9.17) is 14.2 Å². The van der Waals surface area contributed by atoms with Gasteiger partial charge in [0.05, 0.1) is 42.7 Å². The Morgan fingerprint density at radius 2 is 1.88 bits per heavy atom. The molecular weight excluding hydrogens is 442 g/mol. The van der Waals surface area contributed by atoms with Crippen molar-refractivity contribution in [2.24, 2.45) is 4.99 Å². The Morgan fingerprint density at radius 3 is 2.55 bits per heavy atom. The quantitative estimate of drug-likeness (QED) is 0.519. The fourth-order valence-electron chi connectivity index (χ4n) is 3.74. The number of ether oxygens (including phenoxy) is 3. The largest absolute Gasteiger partial charge is 0.493 e. The van der Waals surface area contributed by atoms with Crippen LogP contribution in [0, 0.1) is 0 Å². The second kappa shape index (κ2) is 9.41. The molecule has 33 heavy (non-hydrogen) atoms. The number of benzene rings is 1. The molecule has 0 spiro atoms. The molecule has 3 heterocycles. The van der Waals surface area contributed by atoms with Crippen LogP contribution >= 0.6 is 11.3 Å². The number of fused-ring (bicyclic) bond motifs is 1. The zero-order valence-electron chi connectivity index (χ0n) is 18.7. The van der Waals surface area contributed by atoms with Crippen molar-refractivity contribution in [2.75, 3.05) is 20.8 Å². The van der Waals surface area contributed by atoms with Crippen LogP contribution in [0.25, 0.3) is 6.08 Å². The van der Waals surface area contributed by atoms with Gasteiger partial charge < -0.3 is 14.2 Å². The molecule has 9 heteroatoms. The lowest BCUT2D eigenvalue weighted by Gasteiger charge is -2.25. The fourth-order valence-corrected chi connectivity index (χ4v) is 4.79. The Balaban J connectivity index is 1.98. The summed E-state index contributed by atoms with van der Waals surface area (Å²) in [6.45, 7) is 3.70. The zero-order valence-corrected chi connectivity index (χ0v) is 19.5. The molecule has 3 aromatic rings. The number of allylic oxidation sites excluding steroid dienone is 1. The van der Waals surface area contributed by atoms with Gasteiger partial charge in [0, 0.05) is 12.4 Å². The molecule has 0 radical (unpaired) electrons. The third kappa shape index (κ3) is 4.19. The number of hydrogen-bond acceptors (Lipinski definition) is 8. The number of pyridine rings is 1. The minimum atomic E-state index is -0.723. The lowest BCUT2D eigenvalue weighted by atomic mass is 9.95. The Hall–Kier alpha value is -3.72. The van der Waals surface area contributed by atoms with Crippen LogP contribution in [0.1, 0.15) is 31.0 Å². The van der Waals surface area contributed by atoms with Crippen molar-refractivity contribution < 1.29 is 19.0 Å². The molecule has 0 aliphatic carbocycles. The molecule has 0 unspecified atom stereocenters. The van der Waals surface area contributed by atoms with Crippen LogP contribution < -0.4 is 24.4 Å². The highest BCUT2D eigenvalue weighted by Gasteiger charge is 2.33. The molecule has 1 aliphatic rings. The van der Waals surface area contributed by atoms with E-state index in [2.05, 4.69) is 9.98 Å². The minimum Gasteiger partial charge on any atom is -0.493 e. The van der Waals surface area contributed by atoms with E-state index in [1.165, 1.54) is 23.0 Å². The predicted octanol–water partition coefficient (Wildman–Crippen LogP) is 2.21. The third-order valence-electron chi connectivity index (χ3n) is 5.24. The van der Waals surface area contributed by atoms with Gasteiger partial charge in [-0.1, -0.05) is 17.4 Å². The SMILES string of the molecule is CCOC(=O)C1=C(C)N=c2s/c(=C\c3ccncc3)c(=O)n2[C@H]1c1ccc(OC)c(OC)c1. The first kappa shape index (κ1) is 22.5. The van der Waals surface area contributed by atoms with Crippen LogP contribution in [-0.2, 0) is 9.53 Å². The summed E-state index contributed by atoms with van der Waals surface area (Å²) in [5.74, 6) is 0.526. The van der Waals surface area contributed by atoms with E-state index in [0.29, 0.717) is 37.7 Å². The van der Waals surface area contributed by atoms with Gasteiger partial charge in [0.1, 0.15) is 0 Å². The zero-order chi connectivity index (χ0) is 23.5. The van der Waals surface area contributed by atoms with E-state index in [1.54, 1.807) is 51.6 Å². The van der Waals surface area contributed by atoms with Crippen molar-refractivity contribution in [3.63, 3.8) is 0 Å². The Labute approximate surface area is 194 Å². The molecule has 0 saturated carbocycles. The van der Waals surface area contributed by atoms with E-state index < -0.39 is 12.0 Å². The average molecular weight is 466 g/mol. The van der Waals surface area contributed by atoms with Crippen molar-refractivity contribution in [3.05, 3.63) is 84.8 Å². The lowest BCUT2D eigenvalue weighted by molar-refractivity contribution is -0.139. The summed E-state index contributed by atoms with van der Waals surface area (Å²) in [7, 11) is 3.09. The van der Waals surface area contributed by atoms with Gasteiger partial charge in [-0.05, 0) is 55.3 Å². The van der Waals surface area contributed by atoms with E-state index >= 15 is 0 Å². The number of aromatic nitrogens is 2. The number of hydrogen-bond donors (Lipinski definition) is 0.